The normalized spacial score (nSPS) is 11.2. The summed E-state index contributed by atoms with van der Waals surface area (Å²) in [7, 11) is 3.02. The highest BCUT2D eigenvalue weighted by Crippen LogP contribution is 2.39. The van der Waals surface area contributed by atoms with Crippen LogP contribution in [-0.4, -0.2) is 30.3 Å². The maximum atomic E-state index is 12.2. The van der Waals surface area contributed by atoms with Crippen LogP contribution in [0.3, 0.4) is 0 Å². The first-order chi connectivity index (χ1) is 14.1. The minimum absolute atomic E-state index is 0.419. The topological polar surface area (TPSA) is 104 Å². The third-order valence-electron chi connectivity index (χ3n) is 4.41. The highest BCUT2D eigenvalue weighted by atomic mass is 16.5. The van der Waals surface area contributed by atoms with Crippen molar-refractivity contribution in [2.45, 2.75) is 6.04 Å². The van der Waals surface area contributed by atoms with E-state index >= 15 is 0 Å². The fourth-order valence-corrected chi connectivity index (χ4v) is 2.99. The van der Waals surface area contributed by atoms with Crippen molar-refractivity contribution in [3.05, 3.63) is 72.1 Å². The monoisotopic (exact) mass is 389 g/mol. The first kappa shape index (κ1) is 19.7. The Bertz CT molecular complexity index is 1040. The number of pyridine rings is 1. The Hall–Kier alpha value is -4.05. The number of ether oxygens (including phenoxy) is 2. The molecule has 0 radical (unpaired) electrons. The number of aliphatic carboxylic acids is 1. The molecule has 0 bridgehead atoms. The molecular formula is C22H19N3O4. The van der Waals surface area contributed by atoms with Gasteiger partial charge in [0, 0.05) is 23.6 Å². The molecule has 1 atom stereocenters. The molecule has 0 amide bonds. The maximum Gasteiger partial charge on any atom is 0.330 e. The number of hydrogen-bond acceptors (Lipinski definition) is 6. The van der Waals surface area contributed by atoms with Crippen molar-refractivity contribution in [1.82, 2.24) is 4.98 Å². The predicted molar refractivity (Wildman–Crippen MR) is 108 cm³/mol. The van der Waals surface area contributed by atoms with Gasteiger partial charge in [0.25, 0.3) is 0 Å². The van der Waals surface area contributed by atoms with Crippen LogP contribution < -0.4 is 14.8 Å². The number of aromatic nitrogens is 1. The number of carbonyl (C=O) groups is 1. The fraction of sp³-hybridized carbons (Fsp3) is 0.136. The van der Waals surface area contributed by atoms with Crippen molar-refractivity contribution < 1.29 is 19.4 Å². The van der Waals surface area contributed by atoms with Gasteiger partial charge in [-0.3, -0.25) is 4.98 Å². The van der Waals surface area contributed by atoms with Gasteiger partial charge in [0.15, 0.2) is 17.5 Å². The Balaban J connectivity index is 2.13. The zero-order valence-electron chi connectivity index (χ0n) is 15.9. The molecular weight excluding hydrogens is 370 g/mol. The van der Waals surface area contributed by atoms with Crippen molar-refractivity contribution >= 4 is 11.7 Å². The Morgan fingerprint density at radius 1 is 1.14 bits per heavy atom. The molecule has 146 valence electrons. The summed E-state index contributed by atoms with van der Waals surface area (Å²) in [5, 5.41) is 21.9. The number of methoxy groups -OCH3 is 2. The third-order valence-corrected chi connectivity index (χ3v) is 4.41. The van der Waals surface area contributed by atoms with Crippen LogP contribution in [0.1, 0.15) is 17.2 Å². The highest BCUT2D eigenvalue weighted by Gasteiger charge is 2.26. The van der Waals surface area contributed by atoms with Gasteiger partial charge in [-0.1, -0.05) is 6.07 Å². The molecule has 0 fully saturated rings. The second-order valence-electron chi connectivity index (χ2n) is 6.14. The smallest absolute Gasteiger partial charge is 0.330 e. The summed E-state index contributed by atoms with van der Waals surface area (Å²) in [5.74, 6) is -0.160. The Morgan fingerprint density at radius 2 is 1.83 bits per heavy atom. The van der Waals surface area contributed by atoms with Crippen molar-refractivity contribution in [3.8, 4) is 28.7 Å². The first-order valence-corrected chi connectivity index (χ1v) is 8.73. The SMILES string of the molecule is COc1cc(-c2cccnc2)c(C(Nc2ccc(C#N)cc2)C(=O)O)cc1OC. The molecule has 7 heteroatoms. The molecule has 1 aromatic heterocycles. The summed E-state index contributed by atoms with van der Waals surface area (Å²) < 4.78 is 10.8. The Kier molecular flexibility index (Phi) is 5.95. The molecule has 3 rings (SSSR count). The van der Waals surface area contributed by atoms with Crippen molar-refractivity contribution in [1.29, 1.82) is 5.26 Å². The van der Waals surface area contributed by atoms with Gasteiger partial charge < -0.3 is 19.9 Å². The van der Waals surface area contributed by atoms with E-state index in [4.69, 9.17) is 14.7 Å². The number of anilines is 1. The van der Waals surface area contributed by atoms with Crippen LogP contribution in [0, 0.1) is 11.3 Å². The second kappa shape index (κ2) is 8.76. The Labute approximate surface area is 168 Å². The number of nitrogens with one attached hydrogen (secondary N) is 1. The van der Waals surface area contributed by atoms with E-state index in [2.05, 4.69) is 10.3 Å². The van der Waals surface area contributed by atoms with Gasteiger partial charge in [0.2, 0.25) is 0 Å². The molecule has 7 nitrogen and oxygen atoms in total. The van der Waals surface area contributed by atoms with Gasteiger partial charge in [-0.05, 0) is 53.6 Å². The molecule has 1 heterocycles. The molecule has 1 unspecified atom stereocenters. The zero-order valence-corrected chi connectivity index (χ0v) is 15.9. The van der Waals surface area contributed by atoms with Crippen molar-refractivity contribution in [2.24, 2.45) is 0 Å². The molecule has 29 heavy (non-hydrogen) atoms. The van der Waals surface area contributed by atoms with E-state index in [-0.39, 0.29) is 0 Å². The van der Waals surface area contributed by atoms with Gasteiger partial charge in [-0.15, -0.1) is 0 Å². The summed E-state index contributed by atoms with van der Waals surface area (Å²) in [6.07, 6.45) is 3.30. The van der Waals surface area contributed by atoms with Crippen LogP contribution in [0.25, 0.3) is 11.1 Å². The minimum atomic E-state index is -1.07. The quantitative estimate of drug-likeness (QED) is 0.632. The Morgan fingerprint density at radius 3 is 2.38 bits per heavy atom. The van der Waals surface area contributed by atoms with Crippen molar-refractivity contribution in [2.75, 3.05) is 19.5 Å². The van der Waals surface area contributed by atoms with Gasteiger partial charge >= 0.3 is 5.97 Å². The standard InChI is InChI=1S/C22H19N3O4/c1-28-19-10-17(15-4-3-9-24-13-15)18(11-20(19)29-2)21(22(26)27)25-16-7-5-14(12-23)6-8-16/h3-11,13,21,25H,1-2H3,(H,26,27). The van der Waals surface area contributed by atoms with Crippen LogP contribution in [0.15, 0.2) is 60.9 Å². The number of carboxylic acid groups (broad SMARTS) is 1. The number of carboxylic acids is 1. The van der Waals surface area contributed by atoms with Gasteiger partial charge in [0.05, 0.1) is 25.9 Å². The number of nitriles is 1. The largest absolute Gasteiger partial charge is 0.493 e. The molecule has 3 aromatic rings. The lowest BCUT2D eigenvalue weighted by molar-refractivity contribution is -0.138. The molecule has 2 N–H and O–H groups in total. The van der Waals surface area contributed by atoms with E-state index in [1.165, 1.54) is 14.2 Å². The molecule has 0 spiro atoms. The second-order valence-corrected chi connectivity index (χ2v) is 6.14. The maximum absolute atomic E-state index is 12.2. The number of benzene rings is 2. The molecule has 2 aromatic carbocycles. The van der Waals surface area contributed by atoms with Gasteiger partial charge in [0.1, 0.15) is 0 Å². The zero-order chi connectivity index (χ0) is 20.8. The molecule has 0 saturated carbocycles. The average molecular weight is 389 g/mol. The van der Waals surface area contributed by atoms with Crippen LogP contribution >= 0.6 is 0 Å². The fourth-order valence-electron chi connectivity index (χ4n) is 2.99. The summed E-state index contributed by atoms with van der Waals surface area (Å²) >= 11 is 0. The number of rotatable bonds is 7. The first-order valence-electron chi connectivity index (χ1n) is 8.73. The van der Waals surface area contributed by atoms with Crippen LogP contribution in [0.5, 0.6) is 11.5 Å². The van der Waals surface area contributed by atoms with Crippen molar-refractivity contribution in [3.63, 3.8) is 0 Å². The van der Waals surface area contributed by atoms with Crippen LogP contribution in [0.4, 0.5) is 5.69 Å². The molecule has 0 aliphatic heterocycles. The van der Waals surface area contributed by atoms with E-state index in [0.29, 0.717) is 33.9 Å². The summed E-state index contributed by atoms with van der Waals surface area (Å²) in [6.45, 7) is 0. The van der Waals surface area contributed by atoms with E-state index in [1.54, 1.807) is 54.9 Å². The van der Waals surface area contributed by atoms with E-state index in [9.17, 15) is 9.90 Å². The van der Waals surface area contributed by atoms with Crippen LogP contribution in [0.2, 0.25) is 0 Å². The number of nitrogens with zero attached hydrogens (tertiary/aromatic N) is 2. The lowest BCUT2D eigenvalue weighted by atomic mass is 9.94. The molecule has 0 aliphatic carbocycles. The van der Waals surface area contributed by atoms with Crippen LogP contribution in [-0.2, 0) is 4.79 Å². The summed E-state index contributed by atoms with van der Waals surface area (Å²) in [4.78, 5) is 16.3. The van der Waals surface area contributed by atoms with E-state index in [0.717, 1.165) is 5.56 Å². The van der Waals surface area contributed by atoms with E-state index in [1.807, 2.05) is 12.1 Å². The predicted octanol–water partition coefficient (Wildman–Crippen LogP) is 3.88. The van der Waals surface area contributed by atoms with Gasteiger partial charge in [-0.2, -0.15) is 5.26 Å². The lowest BCUT2D eigenvalue weighted by Crippen LogP contribution is -2.21. The molecule has 0 aliphatic rings. The third kappa shape index (κ3) is 4.28. The number of hydrogen-bond donors (Lipinski definition) is 2. The average Bonchev–Trinajstić information content (AvgIpc) is 2.77. The summed E-state index contributed by atoms with van der Waals surface area (Å²) in [6, 6.07) is 14.6. The minimum Gasteiger partial charge on any atom is -0.493 e. The molecule has 0 saturated heterocycles. The van der Waals surface area contributed by atoms with E-state index < -0.39 is 12.0 Å². The summed E-state index contributed by atoms with van der Waals surface area (Å²) in [5.41, 5.74) is 2.96. The lowest BCUT2D eigenvalue weighted by Gasteiger charge is -2.21. The van der Waals surface area contributed by atoms with Gasteiger partial charge in [-0.25, -0.2) is 4.79 Å². The highest BCUT2D eigenvalue weighted by molar-refractivity contribution is 5.84.